The van der Waals surface area contributed by atoms with E-state index in [1.165, 1.54) is 12.1 Å². The summed E-state index contributed by atoms with van der Waals surface area (Å²) in [6.45, 7) is 0. The first-order valence-electron chi connectivity index (χ1n) is 6.13. The molecule has 20 heavy (non-hydrogen) atoms. The minimum absolute atomic E-state index is 0.000518. The van der Waals surface area contributed by atoms with Gasteiger partial charge in [0.15, 0.2) is 0 Å². The SMILES string of the molecule is NC(=O)[C@@H]1CC=CC[C@H]1NS(=O)(=O)c1ccccc1Cl. The Bertz CT molecular complexity index is 643. The van der Waals surface area contributed by atoms with Crippen molar-refractivity contribution in [1.29, 1.82) is 0 Å². The number of sulfonamides is 1. The second kappa shape index (κ2) is 5.95. The first-order chi connectivity index (χ1) is 9.42. The first kappa shape index (κ1) is 15.0. The van der Waals surface area contributed by atoms with E-state index < -0.39 is 27.9 Å². The molecule has 3 N–H and O–H groups in total. The van der Waals surface area contributed by atoms with Crippen LogP contribution in [0.5, 0.6) is 0 Å². The molecule has 1 amide bonds. The molecule has 2 rings (SSSR count). The highest BCUT2D eigenvalue weighted by Crippen LogP contribution is 2.24. The number of hydrogen-bond donors (Lipinski definition) is 2. The number of nitrogens with two attached hydrogens (primary N) is 1. The summed E-state index contributed by atoms with van der Waals surface area (Å²) in [5.41, 5.74) is 5.31. The summed E-state index contributed by atoms with van der Waals surface area (Å²) in [5.74, 6) is -1.06. The lowest BCUT2D eigenvalue weighted by Gasteiger charge is -2.26. The number of allylic oxidation sites excluding steroid dienone is 1. The third-order valence-corrected chi connectivity index (χ3v) is 5.22. The molecule has 1 aliphatic rings. The summed E-state index contributed by atoms with van der Waals surface area (Å²) in [5, 5.41) is 0.141. The largest absolute Gasteiger partial charge is 0.369 e. The van der Waals surface area contributed by atoms with Gasteiger partial charge in [-0.05, 0) is 25.0 Å². The zero-order chi connectivity index (χ0) is 14.8. The topological polar surface area (TPSA) is 89.3 Å². The van der Waals surface area contributed by atoms with E-state index in [0.717, 1.165) is 0 Å². The normalized spacial score (nSPS) is 22.6. The fourth-order valence-electron chi connectivity index (χ4n) is 2.18. The molecular weight excluding hydrogens is 300 g/mol. The molecule has 0 saturated carbocycles. The quantitative estimate of drug-likeness (QED) is 0.824. The molecule has 1 aliphatic carbocycles. The lowest BCUT2D eigenvalue weighted by Crippen LogP contribution is -2.46. The summed E-state index contributed by atoms with van der Waals surface area (Å²) in [4.78, 5) is 11.4. The second-order valence-electron chi connectivity index (χ2n) is 4.61. The number of carbonyl (C=O) groups excluding carboxylic acids is 1. The van der Waals surface area contributed by atoms with Crippen LogP contribution in [0.3, 0.4) is 0 Å². The van der Waals surface area contributed by atoms with Crippen LogP contribution in [-0.4, -0.2) is 20.4 Å². The molecule has 0 radical (unpaired) electrons. The molecule has 0 spiro atoms. The monoisotopic (exact) mass is 314 g/mol. The van der Waals surface area contributed by atoms with E-state index in [1.807, 2.05) is 12.2 Å². The van der Waals surface area contributed by atoms with Crippen LogP contribution in [0.1, 0.15) is 12.8 Å². The van der Waals surface area contributed by atoms with Crippen molar-refractivity contribution in [2.24, 2.45) is 11.7 Å². The smallest absolute Gasteiger partial charge is 0.242 e. The molecule has 2 atom stereocenters. The minimum atomic E-state index is -3.78. The number of nitrogens with one attached hydrogen (secondary N) is 1. The Balaban J connectivity index is 2.26. The number of rotatable bonds is 4. The van der Waals surface area contributed by atoms with E-state index >= 15 is 0 Å². The summed E-state index contributed by atoms with van der Waals surface area (Å²) in [6.07, 6.45) is 4.53. The molecule has 7 heteroatoms. The Hall–Kier alpha value is -1.37. The Morgan fingerprint density at radius 3 is 2.55 bits per heavy atom. The standard InChI is InChI=1S/C13H15ClN2O3S/c14-10-6-2-4-8-12(10)20(18,19)16-11-7-3-1-5-9(11)13(15)17/h1-4,6,8-9,11,16H,5,7H2,(H2,15,17)/t9-,11-/m1/s1. The van der Waals surface area contributed by atoms with Gasteiger partial charge in [-0.25, -0.2) is 13.1 Å². The molecule has 0 fully saturated rings. The van der Waals surface area contributed by atoms with Gasteiger partial charge in [0.25, 0.3) is 0 Å². The van der Waals surface area contributed by atoms with Crippen molar-refractivity contribution in [3.05, 3.63) is 41.4 Å². The lowest BCUT2D eigenvalue weighted by atomic mass is 9.89. The minimum Gasteiger partial charge on any atom is -0.369 e. The number of primary amides is 1. The highest BCUT2D eigenvalue weighted by Gasteiger charge is 2.31. The van der Waals surface area contributed by atoms with Crippen LogP contribution >= 0.6 is 11.6 Å². The predicted octanol–water partition coefficient (Wildman–Crippen LogP) is 1.44. The highest BCUT2D eigenvalue weighted by molar-refractivity contribution is 7.89. The van der Waals surface area contributed by atoms with Crippen LogP contribution in [-0.2, 0) is 14.8 Å². The van der Waals surface area contributed by atoms with Gasteiger partial charge in [-0.3, -0.25) is 4.79 Å². The molecular formula is C13H15ClN2O3S. The second-order valence-corrected chi connectivity index (χ2v) is 6.70. The van der Waals surface area contributed by atoms with Crippen molar-refractivity contribution in [2.45, 2.75) is 23.8 Å². The number of halogens is 1. The third-order valence-electron chi connectivity index (χ3n) is 3.23. The van der Waals surface area contributed by atoms with Crippen LogP contribution in [0.15, 0.2) is 41.3 Å². The van der Waals surface area contributed by atoms with Gasteiger partial charge in [0.05, 0.1) is 10.9 Å². The third kappa shape index (κ3) is 3.20. The maximum atomic E-state index is 12.3. The van der Waals surface area contributed by atoms with Crippen molar-refractivity contribution >= 4 is 27.5 Å². The summed E-state index contributed by atoms with van der Waals surface area (Å²) in [7, 11) is -3.78. The lowest BCUT2D eigenvalue weighted by molar-refractivity contribution is -0.122. The zero-order valence-corrected chi connectivity index (χ0v) is 12.2. The average Bonchev–Trinajstić information content (AvgIpc) is 2.39. The van der Waals surface area contributed by atoms with E-state index in [2.05, 4.69) is 4.72 Å². The number of amides is 1. The Labute approximate surface area is 122 Å². The van der Waals surface area contributed by atoms with Crippen LogP contribution in [0.4, 0.5) is 0 Å². The van der Waals surface area contributed by atoms with Crippen molar-refractivity contribution in [3.63, 3.8) is 0 Å². The molecule has 0 saturated heterocycles. The van der Waals surface area contributed by atoms with Gasteiger partial charge >= 0.3 is 0 Å². The molecule has 0 heterocycles. The molecule has 0 aromatic heterocycles. The van der Waals surface area contributed by atoms with Crippen molar-refractivity contribution in [2.75, 3.05) is 0 Å². The van der Waals surface area contributed by atoms with Crippen molar-refractivity contribution in [3.8, 4) is 0 Å². The van der Waals surface area contributed by atoms with Gasteiger partial charge < -0.3 is 5.73 Å². The summed E-state index contributed by atoms with van der Waals surface area (Å²) >= 11 is 5.90. The van der Waals surface area contributed by atoms with Crippen molar-refractivity contribution in [1.82, 2.24) is 4.72 Å². The van der Waals surface area contributed by atoms with E-state index in [9.17, 15) is 13.2 Å². The van der Waals surface area contributed by atoms with Gasteiger partial charge in [0, 0.05) is 6.04 Å². The zero-order valence-electron chi connectivity index (χ0n) is 10.6. The summed E-state index contributed by atoms with van der Waals surface area (Å²) < 4.78 is 27.2. The van der Waals surface area contributed by atoms with Crippen LogP contribution in [0.25, 0.3) is 0 Å². The van der Waals surface area contributed by atoms with Gasteiger partial charge in [0.1, 0.15) is 4.90 Å². The van der Waals surface area contributed by atoms with Crippen LogP contribution < -0.4 is 10.5 Å². The number of benzene rings is 1. The molecule has 108 valence electrons. The van der Waals surface area contributed by atoms with Crippen LogP contribution in [0.2, 0.25) is 5.02 Å². The maximum Gasteiger partial charge on any atom is 0.242 e. The molecule has 1 aromatic rings. The highest BCUT2D eigenvalue weighted by atomic mass is 35.5. The average molecular weight is 315 g/mol. The van der Waals surface area contributed by atoms with E-state index in [0.29, 0.717) is 12.8 Å². The van der Waals surface area contributed by atoms with Crippen molar-refractivity contribution < 1.29 is 13.2 Å². The van der Waals surface area contributed by atoms with E-state index in [-0.39, 0.29) is 9.92 Å². The number of carbonyl (C=O) groups is 1. The van der Waals surface area contributed by atoms with E-state index in [4.69, 9.17) is 17.3 Å². The maximum absolute atomic E-state index is 12.3. The molecule has 0 unspecified atom stereocenters. The fraction of sp³-hybridized carbons (Fsp3) is 0.308. The summed E-state index contributed by atoms with van der Waals surface area (Å²) in [6, 6.07) is 5.62. The van der Waals surface area contributed by atoms with Gasteiger partial charge in [-0.1, -0.05) is 35.9 Å². The van der Waals surface area contributed by atoms with Gasteiger partial charge in [-0.2, -0.15) is 0 Å². The Morgan fingerprint density at radius 2 is 1.90 bits per heavy atom. The number of hydrogen-bond acceptors (Lipinski definition) is 3. The Morgan fingerprint density at radius 1 is 1.25 bits per heavy atom. The molecule has 0 bridgehead atoms. The van der Waals surface area contributed by atoms with Crippen LogP contribution in [0, 0.1) is 5.92 Å². The fourth-order valence-corrected chi connectivity index (χ4v) is 3.99. The Kier molecular flexibility index (Phi) is 4.47. The predicted molar refractivity (Wildman–Crippen MR) is 76.6 cm³/mol. The van der Waals surface area contributed by atoms with Gasteiger partial charge in [0.2, 0.25) is 15.9 Å². The molecule has 0 aliphatic heterocycles. The van der Waals surface area contributed by atoms with Gasteiger partial charge in [-0.15, -0.1) is 0 Å². The molecule has 1 aromatic carbocycles. The first-order valence-corrected chi connectivity index (χ1v) is 7.99. The molecule has 5 nitrogen and oxygen atoms in total. The van der Waals surface area contributed by atoms with E-state index in [1.54, 1.807) is 12.1 Å².